The Morgan fingerprint density at radius 3 is 2.60 bits per heavy atom. The van der Waals surface area contributed by atoms with Gasteiger partial charge in [-0.1, -0.05) is 18.1 Å². The molecule has 2 unspecified atom stereocenters. The van der Waals surface area contributed by atoms with E-state index < -0.39 is 40.3 Å². The van der Waals surface area contributed by atoms with Gasteiger partial charge in [-0.25, -0.2) is 0 Å². The van der Waals surface area contributed by atoms with Crippen LogP contribution in [0.3, 0.4) is 0 Å². The molecule has 0 radical (unpaired) electrons. The Hall–Kier alpha value is -3.30. The molecule has 0 saturated carbocycles. The first kappa shape index (κ1) is 31.7. The summed E-state index contributed by atoms with van der Waals surface area (Å²) in [4.78, 5) is 13.9. The highest BCUT2D eigenvalue weighted by atomic mass is 16.7. The summed E-state index contributed by atoms with van der Waals surface area (Å²) in [7, 11) is 1.37. The average molecular weight is 629 g/mol. The first-order valence-corrected chi connectivity index (χ1v) is 15.5. The predicted octanol–water partition coefficient (Wildman–Crippen LogP) is 3.41. The number of aromatic hydroxyl groups is 2. The minimum atomic E-state index is -1.80. The van der Waals surface area contributed by atoms with Crippen LogP contribution in [-0.2, 0) is 25.4 Å². The summed E-state index contributed by atoms with van der Waals surface area (Å²) in [6, 6.07) is 4.54. The van der Waals surface area contributed by atoms with Crippen LogP contribution in [0.1, 0.15) is 91.9 Å². The molecule has 13 nitrogen and oxygen atoms in total. The number of fused-ring (bicyclic) bond motifs is 3. The number of oxime groups is 1. The Morgan fingerprint density at radius 2 is 1.93 bits per heavy atom. The fraction of sp³-hybridized carbons (Fsp3) is 0.562. The maximum atomic E-state index is 13.9. The second-order valence-corrected chi connectivity index (χ2v) is 12.1. The number of methoxy groups -OCH3 is 1. The maximum Gasteiger partial charge on any atom is 0.212 e. The van der Waals surface area contributed by atoms with E-state index in [0.717, 1.165) is 19.3 Å². The third-order valence-electron chi connectivity index (χ3n) is 9.43. The Labute approximate surface area is 260 Å². The summed E-state index contributed by atoms with van der Waals surface area (Å²) in [5.74, 6) is -1.62. The summed E-state index contributed by atoms with van der Waals surface area (Å²) in [5, 5.41) is 61.3. The van der Waals surface area contributed by atoms with Crippen molar-refractivity contribution in [3.05, 3.63) is 45.7 Å². The number of ketones is 1. The van der Waals surface area contributed by atoms with Gasteiger partial charge >= 0.3 is 0 Å². The van der Waals surface area contributed by atoms with Crippen molar-refractivity contribution in [1.29, 1.82) is 0 Å². The third-order valence-corrected chi connectivity index (χ3v) is 9.43. The Morgan fingerprint density at radius 1 is 1.13 bits per heavy atom. The molecule has 0 spiro atoms. The number of nitrogens with one attached hydrogen (secondary N) is 1. The van der Waals surface area contributed by atoms with Crippen LogP contribution >= 0.6 is 0 Å². The van der Waals surface area contributed by atoms with Gasteiger partial charge in [-0.05, 0) is 45.1 Å². The lowest BCUT2D eigenvalue weighted by Crippen LogP contribution is -2.98. The SMILES string of the molecule is CC/C(=N/O)[C@]1(O)Cc2c(O)c3c(c(O)c2[C@@H](O[C@H]2CC[C@H](O[C@@H]4CCCCO4)C(C)O2)C1)C(=O)c1c(OC)cccc1[NH+]3[O-]. The van der Waals surface area contributed by atoms with Gasteiger partial charge in [0, 0.05) is 43.1 Å². The number of nitrogens with zero attached hydrogens (tertiary/aromatic N) is 1. The molecule has 0 aromatic heterocycles. The molecule has 244 valence electrons. The Bertz CT molecular complexity index is 1490. The molecule has 3 heterocycles. The number of carbonyl (C=O) groups is 1. The summed E-state index contributed by atoms with van der Waals surface area (Å²) >= 11 is 0. The number of ether oxygens (including phenoxy) is 5. The van der Waals surface area contributed by atoms with E-state index in [4.69, 9.17) is 23.7 Å². The number of quaternary nitrogens is 1. The van der Waals surface area contributed by atoms with Gasteiger partial charge in [-0.15, -0.1) is 0 Å². The minimum Gasteiger partial charge on any atom is -0.623 e. The van der Waals surface area contributed by atoms with Gasteiger partial charge < -0.3 is 54.5 Å². The van der Waals surface area contributed by atoms with Crippen molar-refractivity contribution >= 4 is 22.9 Å². The van der Waals surface area contributed by atoms with Gasteiger partial charge in [0.1, 0.15) is 28.2 Å². The third kappa shape index (κ3) is 5.46. The lowest BCUT2D eigenvalue weighted by Gasteiger charge is -2.43. The number of rotatable bonds is 7. The summed E-state index contributed by atoms with van der Waals surface area (Å²) in [5.41, 5.74) is -2.41. The zero-order valence-corrected chi connectivity index (χ0v) is 25.6. The second kappa shape index (κ2) is 12.5. The van der Waals surface area contributed by atoms with Crippen LogP contribution in [0.15, 0.2) is 23.4 Å². The van der Waals surface area contributed by atoms with Crippen molar-refractivity contribution < 1.29 is 54.1 Å². The number of phenolic OH excluding ortho intramolecular Hbond substituents is 2. The highest BCUT2D eigenvalue weighted by Gasteiger charge is 2.49. The van der Waals surface area contributed by atoms with Crippen molar-refractivity contribution in [2.45, 2.75) is 102 Å². The zero-order chi connectivity index (χ0) is 32.0. The van der Waals surface area contributed by atoms with E-state index in [2.05, 4.69) is 5.16 Å². The molecule has 0 bridgehead atoms. The monoisotopic (exact) mass is 628 g/mol. The Kier molecular flexibility index (Phi) is 8.78. The van der Waals surface area contributed by atoms with E-state index in [-0.39, 0.29) is 82.9 Å². The van der Waals surface area contributed by atoms with Crippen molar-refractivity contribution in [2.24, 2.45) is 5.16 Å². The molecule has 0 amide bonds. The number of phenols is 2. The van der Waals surface area contributed by atoms with E-state index >= 15 is 0 Å². The van der Waals surface area contributed by atoms with Crippen LogP contribution in [0.2, 0.25) is 0 Å². The van der Waals surface area contributed by atoms with Crippen LogP contribution in [0.5, 0.6) is 17.2 Å². The number of aliphatic hydroxyl groups is 1. The van der Waals surface area contributed by atoms with Gasteiger partial charge in [0.25, 0.3) is 0 Å². The molecule has 45 heavy (non-hydrogen) atoms. The van der Waals surface area contributed by atoms with Crippen LogP contribution in [-0.4, -0.2) is 76.1 Å². The lowest BCUT2D eigenvalue weighted by molar-refractivity contribution is -0.699. The first-order valence-electron chi connectivity index (χ1n) is 15.5. The van der Waals surface area contributed by atoms with E-state index in [1.165, 1.54) is 19.2 Å². The zero-order valence-electron chi connectivity index (χ0n) is 25.6. The predicted molar refractivity (Wildman–Crippen MR) is 158 cm³/mol. The van der Waals surface area contributed by atoms with Gasteiger partial charge in [-0.3, -0.25) is 4.79 Å². The lowest BCUT2D eigenvalue weighted by atomic mass is 9.73. The number of hydrogen-bond donors (Lipinski definition) is 5. The number of benzene rings is 2. The van der Waals surface area contributed by atoms with Crippen LogP contribution in [0.4, 0.5) is 11.4 Å². The molecule has 1 aliphatic carbocycles. The molecule has 4 aliphatic rings. The second-order valence-electron chi connectivity index (χ2n) is 12.1. The van der Waals surface area contributed by atoms with E-state index in [1.54, 1.807) is 13.0 Å². The summed E-state index contributed by atoms with van der Waals surface area (Å²) in [6.07, 6.45) is 0.796. The van der Waals surface area contributed by atoms with Crippen LogP contribution in [0, 0.1) is 5.21 Å². The van der Waals surface area contributed by atoms with Crippen molar-refractivity contribution in [3.63, 3.8) is 0 Å². The normalized spacial score (nSPS) is 31.6. The Balaban J connectivity index is 1.37. The van der Waals surface area contributed by atoms with Gasteiger partial charge in [0.2, 0.25) is 5.78 Å². The number of hydrogen-bond acceptors (Lipinski definition) is 12. The summed E-state index contributed by atoms with van der Waals surface area (Å²) < 4.78 is 29.8. The molecule has 13 heteroatoms. The molecule has 2 fully saturated rings. The molecular formula is C32H40N2O11. The standard InChI is InChI=1S/C32H40N2O11/c1-4-22(33-39)32(38)14-17-25(21(15-32)45-24-12-11-19(16(2)43-24)44-23-10-5-6-13-42-23)30(36)27-28(29(17)35)34(40)18-8-7-9-20(41-3)26(18)31(27)37/h7-9,16,19,21,23-24,34-36,38-39H,4-6,10-15H2,1-3H3/b33-22-/t16?,19-,21-,23+,24-,32-/m0/s1. The first-order chi connectivity index (χ1) is 21.6. The van der Waals surface area contributed by atoms with Crippen molar-refractivity contribution in [1.82, 2.24) is 0 Å². The topological polar surface area (TPSA) is 184 Å². The molecule has 2 saturated heterocycles. The molecule has 6 rings (SSSR count). The van der Waals surface area contributed by atoms with E-state index in [1.807, 2.05) is 6.92 Å². The molecule has 7 atom stereocenters. The van der Waals surface area contributed by atoms with E-state index in [9.17, 15) is 30.5 Å². The number of carbonyl (C=O) groups excluding carboxylic acids is 1. The smallest absolute Gasteiger partial charge is 0.212 e. The molecule has 3 aliphatic heterocycles. The quantitative estimate of drug-likeness (QED) is 0.0756. The molecular weight excluding hydrogens is 588 g/mol. The molecule has 5 N–H and O–H groups in total. The van der Waals surface area contributed by atoms with Crippen molar-refractivity contribution in [2.75, 3.05) is 13.7 Å². The van der Waals surface area contributed by atoms with Gasteiger partial charge in [0.15, 0.2) is 29.7 Å². The highest BCUT2D eigenvalue weighted by molar-refractivity contribution is 6.19. The van der Waals surface area contributed by atoms with Crippen LogP contribution < -0.4 is 9.80 Å². The molecule has 2 aromatic carbocycles. The largest absolute Gasteiger partial charge is 0.623 e. The van der Waals surface area contributed by atoms with Crippen LogP contribution in [0.25, 0.3) is 0 Å². The summed E-state index contributed by atoms with van der Waals surface area (Å²) in [6.45, 7) is 4.24. The van der Waals surface area contributed by atoms with Gasteiger partial charge in [-0.2, -0.15) is 0 Å². The van der Waals surface area contributed by atoms with E-state index in [0.29, 0.717) is 19.4 Å². The minimum absolute atomic E-state index is 0.0185. The van der Waals surface area contributed by atoms with Crippen molar-refractivity contribution in [3.8, 4) is 17.2 Å². The van der Waals surface area contributed by atoms with Gasteiger partial charge in [0.05, 0.1) is 31.1 Å². The average Bonchev–Trinajstić information content (AvgIpc) is 3.03. The fourth-order valence-corrected chi connectivity index (χ4v) is 7.15. The fourth-order valence-electron chi connectivity index (χ4n) is 7.15. The molecule has 2 aromatic rings. The maximum absolute atomic E-state index is 13.9. The highest BCUT2D eigenvalue weighted by Crippen LogP contribution is 2.53.